The van der Waals surface area contributed by atoms with Crippen LogP contribution in [0.2, 0.25) is 0 Å². The van der Waals surface area contributed by atoms with Crippen LogP contribution in [0.15, 0.2) is 41.8 Å². The van der Waals surface area contributed by atoms with Crippen LogP contribution < -0.4 is 5.32 Å². The van der Waals surface area contributed by atoms with Gasteiger partial charge in [-0.1, -0.05) is 29.8 Å². The lowest BCUT2D eigenvalue weighted by Crippen LogP contribution is -2.29. The quantitative estimate of drug-likeness (QED) is 0.690. The number of aliphatic hydroxyl groups is 1. The van der Waals surface area contributed by atoms with Gasteiger partial charge in [-0.25, -0.2) is 13.8 Å². The van der Waals surface area contributed by atoms with Crippen molar-refractivity contribution in [1.29, 1.82) is 0 Å². The molecule has 0 aliphatic carbocycles. The van der Waals surface area contributed by atoms with Gasteiger partial charge >= 0.3 is 0 Å². The molecule has 27 heavy (non-hydrogen) atoms. The van der Waals surface area contributed by atoms with Crippen molar-refractivity contribution in [2.45, 2.75) is 20.0 Å². The van der Waals surface area contributed by atoms with E-state index in [1.807, 2.05) is 32.0 Å². The molecule has 3 aromatic rings. The summed E-state index contributed by atoms with van der Waals surface area (Å²) in [5.74, 6) is -2.06. The number of aryl methyl sites for hydroxylation is 2. The highest BCUT2D eigenvalue weighted by molar-refractivity contribution is 7.13. The number of halogens is 2. The number of carbonyl (C=O) groups excluding carboxylic acids is 1. The fourth-order valence-corrected chi connectivity index (χ4v) is 3.61. The lowest BCUT2D eigenvalue weighted by Gasteiger charge is -2.12. The lowest BCUT2D eigenvalue weighted by atomic mass is 10.1. The maximum absolute atomic E-state index is 13.7. The van der Waals surface area contributed by atoms with Gasteiger partial charge in [-0.3, -0.25) is 4.79 Å². The van der Waals surface area contributed by atoms with E-state index in [0.29, 0.717) is 6.07 Å². The summed E-state index contributed by atoms with van der Waals surface area (Å²) in [6.07, 6.45) is -1.29. The maximum Gasteiger partial charge on any atom is 0.270 e. The summed E-state index contributed by atoms with van der Waals surface area (Å²) >= 11 is 1.35. The summed E-state index contributed by atoms with van der Waals surface area (Å²) in [6.45, 7) is 3.78. The molecule has 3 rings (SSSR count). The molecule has 0 saturated carbocycles. The third-order valence-electron chi connectivity index (χ3n) is 4.13. The van der Waals surface area contributed by atoms with E-state index in [4.69, 9.17) is 0 Å². The fourth-order valence-electron chi connectivity index (χ4n) is 2.72. The number of amides is 1. The van der Waals surface area contributed by atoms with E-state index in [2.05, 4.69) is 10.3 Å². The highest BCUT2D eigenvalue weighted by Crippen LogP contribution is 2.27. The minimum atomic E-state index is -1.29. The van der Waals surface area contributed by atoms with Gasteiger partial charge in [-0.05, 0) is 25.5 Å². The second-order valence-corrected chi connectivity index (χ2v) is 7.11. The molecule has 4 nitrogen and oxygen atoms in total. The monoisotopic (exact) mass is 388 g/mol. The normalized spacial score (nSPS) is 12.0. The minimum Gasteiger partial charge on any atom is -0.386 e. The van der Waals surface area contributed by atoms with E-state index in [-0.39, 0.29) is 17.8 Å². The molecule has 0 fully saturated rings. The SMILES string of the molecule is Cc1ccc(-c2nc(C(=O)NCC(O)c3ccc(F)cc3F)cs2)c(C)c1. The zero-order valence-electron chi connectivity index (χ0n) is 14.8. The standard InChI is InChI=1S/C20H18F2N2O2S/c1-11-3-5-14(12(2)7-11)20-24-17(10-27-20)19(26)23-9-18(25)15-6-4-13(21)8-16(15)22/h3-8,10,18,25H,9H2,1-2H3,(H,23,26). The molecule has 1 aromatic heterocycles. The van der Waals surface area contributed by atoms with Crippen LogP contribution in [0.3, 0.4) is 0 Å². The first-order chi connectivity index (χ1) is 12.8. The van der Waals surface area contributed by atoms with Crippen LogP contribution in [-0.2, 0) is 0 Å². The summed E-state index contributed by atoms with van der Waals surface area (Å²) in [7, 11) is 0. The molecule has 2 aromatic carbocycles. The van der Waals surface area contributed by atoms with Crippen LogP contribution in [0.25, 0.3) is 10.6 Å². The van der Waals surface area contributed by atoms with Crippen LogP contribution in [0.1, 0.15) is 33.3 Å². The minimum absolute atomic E-state index is 0.0778. The second kappa shape index (κ2) is 7.94. The summed E-state index contributed by atoms with van der Waals surface area (Å²) in [5, 5.41) is 14.9. The van der Waals surface area contributed by atoms with Gasteiger partial charge in [0.1, 0.15) is 22.3 Å². The predicted molar refractivity (Wildman–Crippen MR) is 101 cm³/mol. The number of aromatic nitrogens is 1. The van der Waals surface area contributed by atoms with E-state index in [1.54, 1.807) is 5.38 Å². The number of benzene rings is 2. The number of carbonyl (C=O) groups is 1. The van der Waals surface area contributed by atoms with Crippen molar-refractivity contribution in [3.8, 4) is 10.6 Å². The van der Waals surface area contributed by atoms with Crippen molar-refractivity contribution in [3.63, 3.8) is 0 Å². The van der Waals surface area contributed by atoms with Gasteiger partial charge in [0.15, 0.2) is 0 Å². The summed E-state index contributed by atoms with van der Waals surface area (Å²) in [5.41, 5.74) is 3.32. The van der Waals surface area contributed by atoms with E-state index < -0.39 is 23.6 Å². The zero-order chi connectivity index (χ0) is 19.6. The summed E-state index contributed by atoms with van der Waals surface area (Å²) < 4.78 is 26.6. The molecule has 140 valence electrons. The topological polar surface area (TPSA) is 62.2 Å². The highest BCUT2D eigenvalue weighted by atomic mass is 32.1. The Hall–Kier alpha value is -2.64. The Morgan fingerprint density at radius 1 is 1.22 bits per heavy atom. The van der Waals surface area contributed by atoms with Crippen LogP contribution in [-0.4, -0.2) is 22.5 Å². The van der Waals surface area contributed by atoms with Gasteiger partial charge < -0.3 is 10.4 Å². The Labute approximate surface area is 159 Å². The van der Waals surface area contributed by atoms with Crippen molar-refractivity contribution in [2.24, 2.45) is 0 Å². The number of rotatable bonds is 5. The van der Waals surface area contributed by atoms with E-state index in [9.17, 15) is 18.7 Å². The molecule has 0 bridgehead atoms. The molecule has 1 amide bonds. The smallest absolute Gasteiger partial charge is 0.270 e. The Morgan fingerprint density at radius 2 is 2.00 bits per heavy atom. The van der Waals surface area contributed by atoms with Crippen molar-refractivity contribution >= 4 is 17.2 Å². The van der Waals surface area contributed by atoms with Gasteiger partial charge in [0, 0.05) is 29.1 Å². The van der Waals surface area contributed by atoms with E-state index >= 15 is 0 Å². The van der Waals surface area contributed by atoms with Crippen molar-refractivity contribution in [1.82, 2.24) is 10.3 Å². The lowest BCUT2D eigenvalue weighted by molar-refractivity contribution is 0.0910. The van der Waals surface area contributed by atoms with Crippen molar-refractivity contribution < 1.29 is 18.7 Å². The average Bonchev–Trinajstić information content (AvgIpc) is 3.09. The van der Waals surface area contributed by atoms with Crippen LogP contribution in [0.4, 0.5) is 8.78 Å². The number of thiazole rings is 1. The average molecular weight is 388 g/mol. The summed E-state index contributed by atoms with van der Waals surface area (Å²) in [6, 6.07) is 8.90. The first kappa shape index (κ1) is 19.1. The predicted octanol–water partition coefficient (Wildman–Crippen LogP) is 4.17. The number of nitrogens with one attached hydrogen (secondary N) is 1. The fraction of sp³-hybridized carbons (Fsp3) is 0.200. The Morgan fingerprint density at radius 3 is 2.70 bits per heavy atom. The first-order valence-corrected chi connectivity index (χ1v) is 9.17. The molecule has 1 atom stereocenters. The van der Waals surface area contributed by atoms with Crippen LogP contribution >= 0.6 is 11.3 Å². The molecule has 0 aliphatic rings. The largest absolute Gasteiger partial charge is 0.386 e. The highest BCUT2D eigenvalue weighted by Gasteiger charge is 2.17. The molecule has 0 radical (unpaired) electrons. The van der Waals surface area contributed by atoms with E-state index in [0.717, 1.165) is 33.8 Å². The molecule has 0 aliphatic heterocycles. The summed E-state index contributed by atoms with van der Waals surface area (Å²) in [4.78, 5) is 16.6. The molecular formula is C20H18F2N2O2S. The number of aliphatic hydroxyl groups excluding tert-OH is 1. The van der Waals surface area contributed by atoms with Gasteiger partial charge in [0.25, 0.3) is 5.91 Å². The molecular weight excluding hydrogens is 370 g/mol. The number of hydrogen-bond acceptors (Lipinski definition) is 4. The van der Waals surface area contributed by atoms with Gasteiger partial charge in [0.05, 0.1) is 6.10 Å². The van der Waals surface area contributed by atoms with Gasteiger partial charge in [-0.2, -0.15) is 0 Å². The molecule has 1 unspecified atom stereocenters. The molecule has 2 N–H and O–H groups in total. The first-order valence-electron chi connectivity index (χ1n) is 8.29. The Balaban J connectivity index is 1.67. The van der Waals surface area contributed by atoms with Crippen molar-refractivity contribution in [2.75, 3.05) is 6.54 Å². The maximum atomic E-state index is 13.7. The third kappa shape index (κ3) is 4.37. The van der Waals surface area contributed by atoms with Gasteiger partial charge in [0.2, 0.25) is 0 Å². The number of nitrogens with zero attached hydrogens (tertiary/aromatic N) is 1. The zero-order valence-corrected chi connectivity index (χ0v) is 15.6. The molecule has 1 heterocycles. The van der Waals surface area contributed by atoms with Crippen molar-refractivity contribution in [3.05, 3.63) is 75.8 Å². The van der Waals surface area contributed by atoms with E-state index in [1.165, 1.54) is 11.3 Å². The molecule has 0 spiro atoms. The van der Waals surface area contributed by atoms with Gasteiger partial charge in [-0.15, -0.1) is 11.3 Å². The van der Waals surface area contributed by atoms with Crippen LogP contribution in [0.5, 0.6) is 0 Å². The Bertz CT molecular complexity index is 988. The second-order valence-electron chi connectivity index (χ2n) is 6.25. The van der Waals surface area contributed by atoms with Crippen LogP contribution in [0, 0.1) is 25.5 Å². The number of hydrogen-bond donors (Lipinski definition) is 2. The Kier molecular flexibility index (Phi) is 5.62. The third-order valence-corrected chi connectivity index (χ3v) is 5.00. The molecule has 0 saturated heterocycles. The molecule has 7 heteroatoms.